The van der Waals surface area contributed by atoms with E-state index in [1.807, 2.05) is 59.4 Å². The van der Waals surface area contributed by atoms with Gasteiger partial charge in [0.15, 0.2) is 0 Å². The van der Waals surface area contributed by atoms with Gasteiger partial charge in [0.05, 0.1) is 37.2 Å². The highest BCUT2D eigenvalue weighted by Crippen LogP contribution is 2.38. The van der Waals surface area contributed by atoms with Gasteiger partial charge in [-0.1, -0.05) is 18.2 Å². The molecule has 2 fully saturated rings. The second-order valence-corrected chi connectivity index (χ2v) is 8.74. The van der Waals surface area contributed by atoms with E-state index in [9.17, 15) is 4.79 Å². The predicted octanol–water partition coefficient (Wildman–Crippen LogP) is 3.39. The number of anilines is 1. The minimum absolute atomic E-state index is 0.0279. The van der Waals surface area contributed by atoms with Gasteiger partial charge in [0.25, 0.3) is 0 Å². The topological polar surface area (TPSA) is 76.4 Å². The van der Waals surface area contributed by atoms with Gasteiger partial charge in [-0.25, -0.2) is 9.97 Å². The highest BCUT2D eigenvalue weighted by atomic mass is 16.5. The van der Waals surface area contributed by atoms with Crippen LogP contribution < -0.4 is 9.64 Å². The average molecular weight is 447 g/mol. The van der Waals surface area contributed by atoms with Crippen molar-refractivity contribution in [2.45, 2.75) is 38.1 Å². The van der Waals surface area contributed by atoms with Crippen molar-refractivity contribution in [1.29, 1.82) is 0 Å². The van der Waals surface area contributed by atoms with Crippen LogP contribution in [0.15, 0.2) is 42.7 Å². The zero-order valence-corrected chi connectivity index (χ0v) is 19.3. The van der Waals surface area contributed by atoms with Crippen LogP contribution in [0.2, 0.25) is 0 Å². The van der Waals surface area contributed by atoms with Gasteiger partial charge in [0, 0.05) is 44.0 Å². The first-order chi connectivity index (χ1) is 16.2. The van der Waals surface area contributed by atoms with Crippen molar-refractivity contribution in [3.8, 4) is 17.0 Å². The third kappa shape index (κ3) is 4.17. The molecule has 33 heavy (non-hydrogen) atoms. The molecule has 2 saturated heterocycles. The van der Waals surface area contributed by atoms with Crippen molar-refractivity contribution in [2.75, 3.05) is 31.6 Å². The lowest BCUT2D eigenvalue weighted by atomic mass is 10.0. The highest BCUT2D eigenvalue weighted by molar-refractivity contribution is 5.80. The molecule has 0 spiro atoms. The number of rotatable bonds is 6. The summed E-state index contributed by atoms with van der Waals surface area (Å²) in [5.41, 5.74) is 3.78. The van der Waals surface area contributed by atoms with Gasteiger partial charge in [0.1, 0.15) is 5.75 Å². The maximum Gasteiger partial charge on any atom is 0.227 e. The first-order valence-corrected chi connectivity index (χ1v) is 11.7. The van der Waals surface area contributed by atoms with Gasteiger partial charge in [-0.3, -0.25) is 9.48 Å². The van der Waals surface area contributed by atoms with Crippen LogP contribution in [-0.2, 0) is 18.3 Å². The van der Waals surface area contributed by atoms with Crippen LogP contribution in [0.3, 0.4) is 0 Å². The first kappa shape index (κ1) is 21.4. The number of para-hydroxylation sites is 1. The van der Waals surface area contributed by atoms with Gasteiger partial charge in [-0.2, -0.15) is 5.10 Å². The number of ether oxygens (including phenoxy) is 1. The summed E-state index contributed by atoms with van der Waals surface area (Å²) < 4.78 is 7.35. The van der Waals surface area contributed by atoms with E-state index >= 15 is 0 Å². The molecule has 0 bridgehead atoms. The Bertz CT molecular complexity index is 1140. The molecule has 0 radical (unpaired) electrons. The Labute approximate surface area is 194 Å². The summed E-state index contributed by atoms with van der Waals surface area (Å²) >= 11 is 0. The van der Waals surface area contributed by atoms with Gasteiger partial charge in [0.2, 0.25) is 11.9 Å². The molecule has 1 atom stereocenters. The van der Waals surface area contributed by atoms with Gasteiger partial charge in [-0.05, 0) is 37.8 Å². The SMILES string of the molecule is COc1ccccc1CC(=O)N1CCC[C@H]1c1c(-c2ccnc(N3CCCC3)n2)cnn1C. The van der Waals surface area contributed by atoms with E-state index < -0.39 is 0 Å². The number of carbonyl (C=O) groups excluding carboxylic acids is 1. The molecule has 1 amide bonds. The maximum atomic E-state index is 13.4. The number of carbonyl (C=O) groups is 1. The Morgan fingerprint density at radius 2 is 1.94 bits per heavy atom. The molecule has 4 heterocycles. The number of methoxy groups -OCH3 is 1. The summed E-state index contributed by atoms with van der Waals surface area (Å²) in [7, 11) is 3.59. The summed E-state index contributed by atoms with van der Waals surface area (Å²) in [5, 5.41) is 4.55. The lowest BCUT2D eigenvalue weighted by molar-refractivity contribution is -0.131. The quantitative estimate of drug-likeness (QED) is 0.578. The van der Waals surface area contributed by atoms with Gasteiger partial charge in [-0.15, -0.1) is 0 Å². The van der Waals surface area contributed by atoms with Crippen molar-refractivity contribution in [1.82, 2.24) is 24.6 Å². The highest BCUT2D eigenvalue weighted by Gasteiger charge is 2.34. The Balaban J connectivity index is 1.43. The predicted molar refractivity (Wildman–Crippen MR) is 126 cm³/mol. The summed E-state index contributed by atoms with van der Waals surface area (Å²) in [6, 6.07) is 9.63. The number of nitrogens with zero attached hydrogens (tertiary/aromatic N) is 6. The third-order valence-electron chi connectivity index (χ3n) is 6.72. The first-order valence-electron chi connectivity index (χ1n) is 11.7. The minimum atomic E-state index is -0.0279. The second kappa shape index (κ2) is 9.21. The number of amides is 1. The lowest BCUT2D eigenvalue weighted by Gasteiger charge is -2.26. The van der Waals surface area contributed by atoms with Crippen LogP contribution in [0.25, 0.3) is 11.3 Å². The molecule has 2 aliphatic heterocycles. The van der Waals surface area contributed by atoms with E-state index in [1.54, 1.807) is 7.11 Å². The molecule has 2 aromatic heterocycles. The van der Waals surface area contributed by atoms with E-state index in [1.165, 1.54) is 12.8 Å². The maximum absolute atomic E-state index is 13.4. The van der Waals surface area contributed by atoms with Crippen molar-refractivity contribution < 1.29 is 9.53 Å². The molecule has 2 aliphatic rings. The van der Waals surface area contributed by atoms with Gasteiger partial charge >= 0.3 is 0 Å². The number of likely N-dealkylation sites (tertiary alicyclic amines) is 1. The Kier molecular flexibility index (Phi) is 5.98. The van der Waals surface area contributed by atoms with Crippen molar-refractivity contribution in [2.24, 2.45) is 7.05 Å². The summed E-state index contributed by atoms with van der Waals surface area (Å²) in [5.74, 6) is 1.63. The summed E-state index contributed by atoms with van der Waals surface area (Å²) in [6.45, 7) is 2.74. The molecular formula is C25H30N6O2. The van der Waals surface area contributed by atoms with Crippen LogP contribution in [0.5, 0.6) is 5.75 Å². The minimum Gasteiger partial charge on any atom is -0.496 e. The number of benzene rings is 1. The van der Waals surface area contributed by atoms with Crippen LogP contribution in [0.4, 0.5) is 5.95 Å². The van der Waals surface area contributed by atoms with Crippen molar-refractivity contribution >= 4 is 11.9 Å². The number of hydrogen-bond acceptors (Lipinski definition) is 6. The fraction of sp³-hybridized carbons (Fsp3) is 0.440. The standard InChI is InChI=1S/C25H30N6O2/c1-29-24(19(17-27-29)20-11-12-26-25(28-20)30-13-5-6-14-30)21-9-7-15-31(21)23(32)16-18-8-3-4-10-22(18)33-2/h3-4,8,10-12,17,21H,5-7,9,13-16H2,1-2H3/t21-/m0/s1. The van der Waals surface area contributed by atoms with E-state index in [4.69, 9.17) is 9.72 Å². The van der Waals surface area contributed by atoms with E-state index in [0.717, 1.165) is 66.7 Å². The van der Waals surface area contributed by atoms with Gasteiger partial charge < -0.3 is 14.5 Å². The van der Waals surface area contributed by atoms with E-state index in [2.05, 4.69) is 15.0 Å². The molecule has 8 nitrogen and oxygen atoms in total. The van der Waals surface area contributed by atoms with Crippen molar-refractivity contribution in [3.63, 3.8) is 0 Å². The molecule has 0 N–H and O–H groups in total. The second-order valence-electron chi connectivity index (χ2n) is 8.74. The molecule has 0 unspecified atom stereocenters. The van der Waals surface area contributed by atoms with Crippen LogP contribution in [0.1, 0.15) is 43.0 Å². The zero-order chi connectivity index (χ0) is 22.8. The largest absolute Gasteiger partial charge is 0.496 e. The summed E-state index contributed by atoms with van der Waals surface area (Å²) in [6.07, 6.45) is 8.25. The van der Waals surface area contributed by atoms with Crippen LogP contribution >= 0.6 is 0 Å². The Morgan fingerprint density at radius 3 is 2.76 bits per heavy atom. The molecule has 0 saturated carbocycles. The van der Waals surface area contributed by atoms with E-state index in [-0.39, 0.29) is 11.9 Å². The van der Waals surface area contributed by atoms with Crippen LogP contribution in [-0.4, -0.2) is 57.3 Å². The summed E-state index contributed by atoms with van der Waals surface area (Å²) in [4.78, 5) is 27.0. The molecule has 3 aromatic rings. The van der Waals surface area contributed by atoms with Crippen LogP contribution in [0, 0.1) is 0 Å². The fourth-order valence-corrected chi connectivity index (χ4v) is 5.07. The monoisotopic (exact) mass is 446 g/mol. The van der Waals surface area contributed by atoms with Crippen molar-refractivity contribution in [3.05, 3.63) is 54.0 Å². The molecular weight excluding hydrogens is 416 g/mol. The lowest BCUT2D eigenvalue weighted by Crippen LogP contribution is -2.33. The smallest absolute Gasteiger partial charge is 0.227 e. The number of aryl methyl sites for hydroxylation is 1. The molecule has 1 aromatic carbocycles. The molecule has 0 aliphatic carbocycles. The zero-order valence-electron chi connectivity index (χ0n) is 19.3. The fourth-order valence-electron chi connectivity index (χ4n) is 5.07. The normalized spacial score (nSPS) is 18.2. The Morgan fingerprint density at radius 1 is 1.12 bits per heavy atom. The van der Waals surface area contributed by atoms with E-state index in [0.29, 0.717) is 6.42 Å². The number of aromatic nitrogens is 4. The molecule has 5 rings (SSSR count). The molecule has 8 heteroatoms. The molecule has 172 valence electrons. The number of hydrogen-bond donors (Lipinski definition) is 0. The average Bonchev–Trinajstić information content (AvgIpc) is 3.60. The Hall–Kier alpha value is -3.42. The third-order valence-corrected chi connectivity index (χ3v) is 6.72.